The van der Waals surface area contributed by atoms with Gasteiger partial charge in [-0.1, -0.05) is 36.7 Å². The molecule has 0 heterocycles. The molecule has 0 bridgehead atoms. The van der Waals surface area contributed by atoms with E-state index in [1.54, 1.807) is 0 Å². The van der Waals surface area contributed by atoms with Gasteiger partial charge in [-0.3, -0.25) is 0 Å². The van der Waals surface area contributed by atoms with E-state index in [4.69, 9.17) is 11.6 Å². The van der Waals surface area contributed by atoms with E-state index in [1.165, 1.54) is 5.56 Å². The van der Waals surface area contributed by atoms with E-state index < -0.39 is 0 Å². The van der Waals surface area contributed by atoms with Crippen LogP contribution in [-0.2, 0) is 0 Å². The minimum atomic E-state index is 0.337. The second-order valence-electron chi connectivity index (χ2n) is 2.80. The van der Waals surface area contributed by atoms with Gasteiger partial charge >= 0.3 is 0 Å². The molecule has 66 valence electrons. The Kier molecular flexibility index (Phi) is 3.57. The average molecular weight is 184 g/mol. The maximum absolute atomic E-state index is 6.01. The molecule has 1 N–H and O–H groups in total. The SMILES string of the molecule is CCNC(C)c1ccccc1Cl. The van der Waals surface area contributed by atoms with Gasteiger partial charge in [0, 0.05) is 11.1 Å². The highest BCUT2D eigenvalue weighted by atomic mass is 35.5. The summed E-state index contributed by atoms with van der Waals surface area (Å²) >= 11 is 6.01. The molecule has 0 amide bonds. The van der Waals surface area contributed by atoms with Crippen LogP contribution in [0.4, 0.5) is 0 Å². The summed E-state index contributed by atoms with van der Waals surface area (Å²) in [5, 5.41) is 4.16. The van der Waals surface area contributed by atoms with Gasteiger partial charge in [0.25, 0.3) is 0 Å². The molecule has 1 aromatic carbocycles. The number of halogens is 1. The first-order valence-electron chi connectivity index (χ1n) is 4.23. The first kappa shape index (κ1) is 9.56. The largest absolute Gasteiger partial charge is 0.310 e. The van der Waals surface area contributed by atoms with Crippen molar-refractivity contribution in [3.63, 3.8) is 0 Å². The Morgan fingerprint density at radius 2 is 2.08 bits per heavy atom. The normalized spacial score (nSPS) is 12.9. The van der Waals surface area contributed by atoms with Gasteiger partial charge in [0.1, 0.15) is 0 Å². The zero-order valence-electron chi connectivity index (χ0n) is 7.47. The maximum Gasteiger partial charge on any atom is 0.0453 e. The molecule has 0 saturated heterocycles. The van der Waals surface area contributed by atoms with Crippen LogP contribution in [0.15, 0.2) is 24.3 Å². The van der Waals surface area contributed by atoms with Crippen LogP contribution in [0.2, 0.25) is 5.02 Å². The van der Waals surface area contributed by atoms with E-state index in [-0.39, 0.29) is 0 Å². The minimum absolute atomic E-state index is 0.337. The Morgan fingerprint density at radius 3 is 2.67 bits per heavy atom. The number of hydrogen-bond donors (Lipinski definition) is 1. The fourth-order valence-electron chi connectivity index (χ4n) is 1.24. The first-order chi connectivity index (χ1) is 5.75. The zero-order valence-corrected chi connectivity index (χ0v) is 8.23. The van der Waals surface area contributed by atoms with Crippen molar-refractivity contribution in [2.75, 3.05) is 6.54 Å². The lowest BCUT2D eigenvalue weighted by atomic mass is 10.1. The van der Waals surface area contributed by atoms with Gasteiger partial charge in [-0.15, -0.1) is 0 Å². The summed E-state index contributed by atoms with van der Waals surface area (Å²) < 4.78 is 0. The van der Waals surface area contributed by atoms with Crippen LogP contribution in [0.25, 0.3) is 0 Å². The Hall–Kier alpha value is -0.530. The van der Waals surface area contributed by atoms with Crippen LogP contribution >= 0.6 is 11.6 Å². The van der Waals surface area contributed by atoms with Gasteiger partial charge < -0.3 is 5.32 Å². The van der Waals surface area contributed by atoms with Crippen molar-refractivity contribution in [3.05, 3.63) is 34.9 Å². The predicted molar refractivity (Wildman–Crippen MR) is 53.5 cm³/mol. The Balaban J connectivity index is 2.79. The van der Waals surface area contributed by atoms with E-state index in [9.17, 15) is 0 Å². The minimum Gasteiger partial charge on any atom is -0.310 e. The van der Waals surface area contributed by atoms with E-state index in [1.807, 2.05) is 18.2 Å². The maximum atomic E-state index is 6.01. The molecule has 2 heteroatoms. The highest BCUT2D eigenvalue weighted by Gasteiger charge is 2.05. The fourth-order valence-corrected chi connectivity index (χ4v) is 1.54. The summed E-state index contributed by atoms with van der Waals surface area (Å²) in [5.74, 6) is 0. The second kappa shape index (κ2) is 4.48. The molecular weight excluding hydrogens is 170 g/mol. The number of nitrogens with one attached hydrogen (secondary N) is 1. The van der Waals surface area contributed by atoms with Crippen molar-refractivity contribution in [1.82, 2.24) is 5.32 Å². The molecule has 1 nitrogen and oxygen atoms in total. The lowest BCUT2D eigenvalue weighted by molar-refractivity contribution is 0.598. The molecule has 0 aliphatic carbocycles. The Morgan fingerprint density at radius 1 is 1.42 bits per heavy atom. The van der Waals surface area contributed by atoms with Gasteiger partial charge in [-0.2, -0.15) is 0 Å². The Labute approximate surface area is 78.7 Å². The van der Waals surface area contributed by atoms with Gasteiger partial charge in [-0.25, -0.2) is 0 Å². The van der Waals surface area contributed by atoms with E-state index >= 15 is 0 Å². The molecular formula is C10H14ClN. The van der Waals surface area contributed by atoms with Crippen LogP contribution in [0.5, 0.6) is 0 Å². The monoisotopic (exact) mass is 183 g/mol. The molecule has 0 saturated carbocycles. The van der Waals surface area contributed by atoms with Crippen molar-refractivity contribution in [2.45, 2.75) is 19.9 Å². The number of hydrogen-bond acceptors (Lipinski definition) is 1. The van der Waals surface area contributed by atoms with Gasteiger partial charge in [-0.05, 0) is 25.1 Å². The lowest BCUT2D eigenvalue weighted by Gasteiger charge is -2.13. The molecule has 0 spiro atoms. The van der Waals surface area contributed by atoms with Crippen LogP contribution in [-0.4, -0.2) is 6.54 Å². The molecule has 1 atom stereocenters. The molecule has 1 rings (SSSR count). The predicted octanol–water partition coefficient (Wildman–Crippen LogP) is 3.01. The van der Waals surface area contributed by atoms with Crippen LogP contribution in [0.3, 0.4) is 0 Å². The number of rotatable bonds is 3. The van der Waals surface area contributed by atoms with Crippen LogP contribution in [0.1, 0.15) is 25.5 Å². The van der Waals surface area contributed by atoms with Crippen molar-refractivity contribution < 1.29 is 0 Å². The average Bonchev–Trinajstić information content (AvgIpc) is 2.05. The summed E-state index contributed by atoms with van der Waals surface area (Å²) in [4.78, 5) is 0. The number of benzene rings is 1. The van der Waals surface area contributed by atoms with E-state index in [2.05, 4.69) is 25.2 Å². The highest BCUT2D eigenvalue weighted by molar-refractivity contribution is 6.31. The lowest BCUT2D eigenvalue weighted by Crippen LogP contribution is -2.17. The molecule has 0 aliphatic rings. The van der Waals surface area contributed by atoms with Crippen molar-refractivity contribution in [3.8, 4) is 0 Å². The summed E-state index contributed by atoms with van der Waals surface area (Å²) in [6, 6.07) is 8.27. The van der Waals surface area contributed by atoms with Gasteiger partial charge in [0.15, 0.2) is 0 Å². The van der Waals surface area contributed by atoms with E-state index in [0.29, 0.717) is 6.04 Å². The highest BCUT2D eigenvalue weighted by Crippen LogP contribution is 2.21. The smallest absolute Gasteiger partial charge is 0.0453 e. The second-order valence-corrected chi connectivity index (χ2v) is 3.21. The molecule has 1 unspecified atom stereocenters. The Bertz CT molecular complexity index is 247. The first-order valence-corrected chi connectivity index (χ1v) is 4.61. The molecule has 0 aliphatic heterocycles. The molecule has 12 heavy (non-hydrogen) atoms. The molecule has 0 radical (unpaired) electrons. The third-order valence-electron chi connectivity index (χ3n) is 1.88. The molecule has 1 aromatic rings. The summed E-state index contributed by atoms with van der Waals surface area (Å²) in [6.45, 7) is 5.17. The summed E-state index contributed by atoms with van der Waals surface area (Å²) in [7, 11) is 0. The zero-order chi connectivity index (χ0) is 8.97. The van der Waals surface area contributed by atoms with Crippen LogP contribution in [0, 0.1) is 0 Å². The van der Waals surface area contributed by atoms with Gasteiger partial charge in [0.05, 0.1) is 0 Å². The van der Waals surface area contributed by atoms with Crippen molar-refractivity contribution in [1.29, 1.82) is 0 Å². The third kappa shape index (κ3) is 2.23. The van der Waals surface area contributed by atoms with Crippen LogP contribution < -0.4 is 5.32 Å². The summed E-state index contributed by atoms with van der Waals surface area (Å²) in [6.07, 6.45) is 0. The topological polar surface area (TPSA) is 12.0 Å². The van der Waals surface area contributed by atoms with Gasteiger partial charge in [0.2, 0.25) is 0 Å². The quantitative estimate of drug-likeness (QED) is 0.760. The standard InChI is InChI=1S/C10H14ClN/c1-3-12-8(2)9-6-4-5-7-10(9)11/h4-8,12H,3H2,1-2H3. The fraction of sp³-hybridized carbons (Fsp3) is 0.400. The van der Waals surface area contributed by atoms with E-state index in [0.717, 1.165) is 11.6 Å². The third-order valence-corrected chi connectivity index (χ3v) is 2.23. The van der Waals surface area contributed by atoms with Crippen molar-refractivity contribution in [2.24, 2.45) is 0 Å². The molecule has 0 fully saturated rings. The van der Waals surface area contributed by atoms with Crippen molar-refractivity contribution >= 4 is 11.6 Å². The summed E-state index contributed by atoms with van der Waals surface area (Å²) in [5.41, 5.74) is 1.17. The molecule has 0 aromatic heterocycles.